The van der Waals surface area contributed by atoms with Crippen molar-refractivity contribution in [2.24, 2.45) is 0 Å². The molecular weight excluding hydrogens is 1460 g/mol. The van der Waals surface area contributed by atoms with Crippen LogP contribution in [0.2, 0.25) is 0 Å². The molecule has 568 valence electrons. The Hall–Kier alpha value is -8.62. The number of rotatable bonds is 8. The van der Waals surface area contributed by atoms with E-state index in [0.717, 1.165) is 39.7 Å². The molecule has 0 bridgehead atoms. The molecule has 6 nitrogen and oxygen atoms in total. The molecule has 0 spiro atoms. The number of benzene rings is 6. The molecule has 0 aliphatic carbocycles. The minimum absolute atomic E-state index is 0. The summed E-state index contributed by atoms with van der Waals surface area (Å²) in [5.41, 5.74) is 25.9. The molecule has 108 heavy (non-hydrogen) atoms. The molecule has 0 fully saturated rings. The van der Waals surface area contributed by atoms with Gasteiger partial charge in [0.25, 0.3) is 0 Å². The minimum Gasteiger partial charge on any atom is -0.345 e. The van der Waals surface area contributed by atoms with Crippen LogP contribution < -0.4 is 0 Å². The third-order valence-electron chi connectivity index (χ3n) is 19.1. The predicted molar refractivity (Wildman–Crippen MR) is 487 cm³/mol. The van der Waals surface area contributed by atoms with Crippen LogP contribution in [0.1, 0.15) is 229 Å². The number of halogens is 2. The van der Waals surface area contributed by atoms with Crippen LogP contribution in [0, 0.1) is 27.7 Å². The lowest BCUT2D eigenvalue weighted by Crippen LogP contribution is -2.26. The standard InChI is InChI=1S/C14H17N.C13H14FN.C13H15N.2C12H14S.C11H13NS.C10H13Br.C10H12N2S.CH4/c1-10(2)15-8-7-13-9-11(3)5-6-14(13)12(15)4;1-9(2)15-8-13(14)12-7-5-4-6-11(12)10(15)3;1-10(2)14-9-8-12-6-4-5-7-13(12)11(14)3;1-8(2)11-7-10-4-5-13-12(10)6-9(11)3;1-8(2)11-7-12-10(4-5-13-12)6-9(11)3;1-8(2)12-6-4-10-5-7-13-11(10)9(12)3;1-7(2)10-5-4-9(11)6-8(10)3;1-7(2)12-5-4-9-10(8(12)3)13-6-11-9;/h5-10H,4H2,1-3H3;4-9H,3H2,1-2H3;4-10H,3H2,1-2H3;2*4-8H,1-3H3;4-8H,3H2,1-2H3;4-7H,1-3H3;4-7H,3H2,1-2H3;1H4. The van der Waals surface area contributed by atoms with Gasteiger partial charge in [0.15, 0.2) is 0 Å². The summed E-state index contributed by atoms with van der Waals surface area (Å²) in [6.45, 7) is 64.0. The van der Waals surface area contributed by atoms with Gasteiger partial charge in [0.05, 0.1) is 32.4 Å². The fourth-order valence-corrected chi connectivity index (χ4v) is 17.1. The lowest BCUT2D eigenvalue weighted by atomic mass is 9.97. The first kappa shape index (κ1) is 86.6. The van der Waals surface area contributed by atoms with E-state index in [-0.39, 0.29) is 19.3 Å². The van der Waals surface area contributed by atoms with Crippen molar-refractivity contribution in [3.8, 4) is 0 Å². The first-order valence-corrected chi connectivity index (χ1v) is 41.6. The zero-order valence-corrected chi connectivity index (χ0v) is 71.7. The van der Waals surface area contributed by atoms with Crippen molar-refractivity contribution in [2.45, 2.75) is 194 Å². The van der Waals surface area contributed by atoms with Gasteiger partial charge in [-0.05, 0) is 265 Å². The van der Waals surface area contributed by atoms with Gasteiger partial charge < -0.3 is 24.5 Å². The van der Waals surface area contributed by atoms with E-state index in [9.17, 15) is 4.39 Å². The number of aryl methyl sites for hydroxylation is 4. The summed E-state index contributed by atoms with van der Waals surface area (Å²) in [4.78, 5) is 17.4. The summed E-state index contributed by atoms with van der Waals surface area (Å²) >= 11 is 10.5. The molecule has 4 aromatic heterocycles. The van der Waals surface area contributed by atoms with Gasteiger partial charge in [-0.3, -0.25) is 0 Å². The zero-order chi connectivity index (χ0) is 78.2. The Morgan fingerprint density at radius 2 is 0.824 bits per heavy atom. The molecule has 5 aliphatic rings. The molecule has 0 amide bonds. The first-order valence-electron chi connectivity index (χ1n) is 37.3. The summed E-state index contributed by atoms with van der Waals surface area (Å²) in [7, 11) is 0. The van der Waals surface area contributed by atoms with Crippen LogP contribution >= 0.6 is 61.3 Å². The van der Waals surface area contributed by atoms with Gasteiger partial charge >= 0.3 is 0 Å². The Morgan fingerprint density at radius 3 is 1.39 bits per heavy atom. The third kappa shape index (κ3) is 21.9. The summed E-state index contributed by atoms with van der Waals surface area (Å²) in [5.74, 6) is 1.70. The van der Waals surface area contributed by atoms with E-state index < -0.39 is 0 Å². The Morgan fingerprint density at radius 1 is 0.380 bits per heavy atom. The van der Waals surface area contributed by atoms with Gasteiger partial charge in [-0.15, -0.1) is 45.3 Å². The van der Waals surface area contributed by atoms with Crippen molar-refractivity contribution >= 4 is 140 Å². The molecular formula is C96H116BrFN6S4. The molecule has 12 heteroatoms. The SMILES string of the molecule is C.C=C1c2ccc(C)cc2C=CN1C(C)C.C=C1c2ccccc2C(F)=CN1C(C)C.C=C1c2ccccc2C=CN1C(C)C.C=C1c2sccc2C=CN1C(C)C.C=C1c2scnc2C=CN1C(C)C.Cc1cc(Br)ccc1C(C)C.Cc1cc2ccsc2cc1C(C)C.Cc1cc2sccc2cc1C(C)C. The molecule has 9 heterocycles. The Balaban J connectivity index is 0.000000172. The number of thiophene rings is 3. The second kappa shape index (κ2) is 39.7. The maximum absolute atomic E-state index is 13.7. The van der Waals surface area contributed by atoms with E-state index in [0.29, 0.717) is 47.5 Å². The summed E-state index contributed by atoms with van der Waals surface area (Å²) in [5, 5.41) is 9.21. The molecule has 0 saturated carbocycles. The van der Waals surface area contributed by atoms with Crippen molar-refractivity contribution in [3.05, 3.63) is 311 Å². The maximum Gasteiger partial charge on any atom is 0.147 e. The van der Waals surface area contributed by atoms with Gasteiger partial charge in [-0.1, -0.05) is 182 Å². The lowest BCUT2D eigenvalue weighted by Gasteiger charge is -2.31. The molecule has 5 aliphatic heterocycles. The number of fused-ring (bicyclic) bond motifs is 7. The average Bonchev–Trinajstić information content (AvgIpc) is 0.877. The normalized spacial score (nSPS) is 13.6. The highest BCUT2D eigenvalue weighted by atomic mass is 79.9. The van der Waals surface area contributed by atoms with Gasteiger partial charge in [0.1, 0.15) is 5.83 Å². The fourth-order valence-electron chi connectivity index (χ4n) is 13.3. The molecule has 0 saturated heterocycles. The topological polar surface area (TPSA) is 29.1 Å². The molecule has 6 aromatic carbocycles. The van der Waals surface area contributed by atoms with Crippen LogP contribution in [0.15, 0.2) is 217 Å². The van der Waals surface area contributed by atoms with Crippen LogP contribution in [0.4, 0.5) is 4.39 Å². The van der Waals surface area contributed by atoms with Crippen molar-refractivity contribution in [2.75, 3.05) is 0 Å². The Kier molecular flexibility index (Phi) is 31.8. The Labute approximate surface area is 673 Å². The number of hydrogen-bond donors (Lipinski definition) is 0. The highest BCUT2D eigenvalue weighted by Crippen LogP contribution is 2.38. The van der Waals surface area contributed by atoms with E-state index in [4.69, 9.17) is 0 Å². The van der Waals surface area contributed by atoms with Crippen molar-refractivity contribution in [1.82, 2.24) is 29.5 Å². The van der Waals surface area contributed by atoms with E-state index in [1.807, 2.05) is 71.2 Å². The predicted octanol–water partition coefficient (Wildman–Crippen LogP) is 30.1. The molecule has 10 aromatic rings. The van der Waals surface area contributed by atoms with E-state index in [1.165, 1.54) is 107 Å². The molecule has 0 atom stereocenters. The highest BCUT2D eigenvalue weighted by molar-refractivity contribution is 9.10. The second-order valence-electron chi connectivity index (χ2n) is 29.8. The number of aromatic nitrogens is 1. The molecule has 0 N–H and O–H groups in total. The van der Waals surface area contributed by atoms with Crippen LogP contribution in [0.3, 0.4) is 0 Å². The summed E-state index contributed by atoms with van der Waals surface area (Å²) < 4.78 is 17.7. The first-order chi connectivity index (χ1) is 50.8. The average molecular weight is 1580 g/mol. The van der Waals surface area contributed by atoms with E-state index in [2.05, 4.69) is 360 Å². The monoisotopic (exact) mass is 1580 g/mol. The smallest absolute Gasteiger partial charge is 0.147 e. The van der Waals surface area contributed by atoms with Crippen LogP contribution in [0.25, 0.3) is 78.8 Å². The number of hydrogen-bond acceptors (Lipinski definition) is 10. The molecule has 0 radical (unpaired) electrons. The van der Waals surface area contributed by atoms with Crippen molar-refractivity contribution in [3.63, 3.8) is 0 Å². The second-order valence-corrected chi connectivity index (χ2v) is 34.4. The number of nitrogens with zero attached hydrogens (tertiary/aromatic N) is 6. The van der Waals surface area contributed by atoms with Crippen LogP contribution in [-0.2, 0) is 0 Å². The van der Waals surface area contributed by atoms with Crippen LogP contribution in [-0.4, -0.2) is 59.7 Å². The minimum atomic E-state index is -0.188. The van der Waals surface area contributed by atoms with E-state index in [1.54, 1.807) is 28.7 Å². The van der Waals surface area contributed by atoms with Crippen LogP contribution in [0.5, 0.6) is 0 Å². The van der Waals surface area contributed by atoms with Crippen molar-refractivity contribution < 1.29 is 4.39 Å². The number of thiazole rings is 1. The van der Waals surface area contributed by atoms with Gasteiger partial charge in [-0.25, -0.2) is 9.37 Å². The molecule has 0 unspecified atom stereocenters. The van der Waals surface area contributed by atoms with Crippen molar-refractivity contribution in [1.29, 1.82) is 0 Å². The lowest BCUT2D eigenvalue weighted by molar-refractivity contribution is 0.430. The fraction of sp³-hybridized carbons (Fsp3) is 0.302. The third-order valence-corrected chi connectivity index (χ3v) is 23.2. The van der Waals surface area contributed by atoms with E-state index >= 15 is 0 Å². The van der Waals surface area contributed by atoms with Gasteiger partial charge in [0, 0.05) is 114 Å². The maximum atomic E-state index is 13.7. The highest BCUT2D eigenvalue weighted by Gasteiger charge is 2.24. The molecule has 15 rings (SSSR count). The summed E-state index contributed by atoms with van der Waals surface area (Å²) in [6, 6.07) is 46.6. The Bertz CT molecular complexity index is 4760. The largest absolute Gasteiger partial charge is 0.345 e. The quantitative estimate of drug-likeness (QED) is 0.151. The summed E-state index contributed by atoms with van der Waals surface area (Å²) in [6.07, 6.45) is 18.4. The van der Waals surface area contributed by atoms with Gasteiger partial charge in [0.2, 0.25) is 0 Å². The zero-order valence-electron chi connectivity index (χ0n) is 66.9. The van der Waals surface area contributed by atoms with Gasteiger partial charge in [-0.2, -0.15) is 0 Å².